The second kappa shape index (κ2) is 18.2. The molecular weight excluding hydrogens is 364 g/mol. The fourth-order valence-corrected chi connectivity index (χ4v) is 4.08. The maximum atomic E-state index is 5.48. The number of nitrogens with zero attached hydrogens (tertiary/aromatic N) is 2. The van der Waals surface area contributed by atoms with Crippen molar-refractivity contribution in [1.82, 2.24) is 10.2 Å². The average molecular weight is 411 g/mol. The largest absolute Gasteiger partial charge is 0.376 e. The predicted molar refractivity (Wildman–Crippen MR) is 128 cm³/mol. The van der Waals surface area contributed by atoms with Gasteiger partial charge >= 0.3 is 0 Å². The molecule has 0 bridgehead atoms. The maximum absolute atomic E-state index is 5.48. The van der Waals surface area contributed by atoms with Crippen LogP contribution in [0.15, 0.2) is 4.99 Å². The lowest BCUT2D eigenvalue weighted by molar-refractivity contribution is 0.448. The third kappa shape index (κ3) is 14.2. The van der Waals surface area contributed by atoms with E-state index in [1.165, 1.54) is 102 Å². The summed E-state index contributed by atoms with van der Waals surface area (Å²) in [5.41, 5.74) is 5.48. The van der Waals surface area contributed by atoms with E-state index in [1.807, 2.05) is 0 Å². The number of thiocarbonyl (C=S) groups is 1. The molecule has 164 valence electrons. The molecule has 0 saturated heterocycles. The highest BCUT2D eigenvalue weighted by molar-refractivity contribution is 7.80. The van der Waals surface area contributed by atoms with Gasteiger partial charge in [-0.05, 0) is 18.6 Å². The molecule has 1 heterocycles. The van der Waals surface area contributed by atoms with Crippen LogP contribution >= 0.6 is 12.2 Å². The number of hydrogen-bond acceptors (Lipinski definition) is 3. The van der Waals surface area contributed by atoms with Crippen molar-refractivity contribution in [1.29, 1.82) is 0 Å². The van der Waals surface area contributed by atoms with Gasteiger partial charge in [0.15, 0.2) is 5.11 Å². The van der Waals surface area contributed by atoms with Gasteiger partial charge in [0.2, 0.25) is 0 Å². The smallest absolute Gasteiger partial charge is 0.163 e. The Bertz CT molecular complexity index is 411. The summed E-state index contributed by atoms with van der Waals surface area (Å²) in [7, 11) is 0. The summed E-state index contributed by atoms with van der Waals surface area (Å²) in [5, 5.41) is 3.42. The topological polar surface area (TPSA) is 53.6 Å². The molecule has 0 atom stereocenters. The van der Waals surface area contributed by atoms with Gasteiger partial charge in [-0.25, -0.2) is 0 Å². The van der Waals surface area contributed by atoms with E-state index in [4.69, 9.17) is 18.0 Å². The van der Waals surface area contributed by atoms with Crippen LogP contribution in [0.1, 0.15) is 110 Å². The van der Waals surface area contributed by atoms with Gasteiger partial charge in [-0.15, -0.1) is 0 Å². The first-order valence-electron chi connectivity index (χ1n) is 12.1. The summed E-state index contributed by atoms with van der Waals surface area (Å²) in [5.74, 6) is 1.29. The molecule has 1 rings (SSSR count). The minimum atomic E-state index is 0.389. The normalized spacial score (nSPS) is 13.8. The van der Waals surface area contributed by atoms with Crippen LogP contribution in [-0.4, -0.2) is 42.0 Å². The highest BCUT2D eigenvalue weighted by Gasteiger charge is 2.15. The van der Waals surface area contributed by atoms with Crippen molar-refractivity contribution in [2.75, 3.05) is 26.2 Å². The van der Waals surface area contributed by atoms with Crippen molar-refractivity contribution < 1.29 is 0 Å². The van der Waals surface area contributed by atoms with E-state index >= 15 is 0 Å². The Labute approximate surface area is 180 Å². The first kappa shape index (κ1) is 25.2. The minimum Gasteiger partial charge on any atom is -0.376 e. The number of aliphatic imine (C=N–C) groups is 1. The van der Waals surface area contributed by atoms with E-state index in [0.717, 1.165) is 32.6 Å². The van der Waals surface area contributed by atoms with E-state index in [1.54, 1.807) is 0 Å². The standard InChI is InChI=1S/C23H46N4S/c1-2-3-4-5-6-7-8-9-10-11-12-13-14-15-16-17-22-25-18-20-27(22)21-19-26-23(24)28/h2-21H2,1H3,(H3,24,26,28). The Kier molecular flexibility index (Phi) is 16.4. The predicted octanol–water partition coefficient (Wildman–Crippen LogP) is 5.80. The quantitative estimate of drug-likeness (QED) is 0.209. The Balaban J connectivity index is 1.83. The van der Waals surface area contributed by atoms with Gasteiger partial charge in [0.25, 0.3) is 0 Å². The third-order valence-electron chi connectivity index (χ3n) is 5.71. The molecule has 0 aliphatic carbocycles. The van der Waals surface area contributed by atoms with Crippen LogP contribution in [0.4, 0.5) is 0 Å². The van der Waals surface area contributed by atoms with Crippen molar-refractivity contribution in [3.8, 4) is 0 Å². The number of rotatable bonds is 19. The zero-order valence-corrected chi connectivity index (χ0v) is 19.3. The van der Waals surface area contributed by atoms with Crippen LogP contribution in [0.5, 0.6) is 0 Å². The van der Waals surface area contributed by atoms with E-state index in [0.29, 0.717) is 5.11 Å². The molecule has 5 heteroatoms. The zero-order valence-electron chi connectivity index (χ0n) is 18.5. The second-order valence-corrected chi connectivity index (χ2v) is 8.72. The fourth-order valence-electron chi connectivity index (χ4n) is 3.98. The summed E-state index contributed by atoms with van der Waals surface area (Å²) >= 11 is 4.86. The molecule has 1 aliphatic heterocycles. The van der Waals surface area contributed by atoms with Gasteiger partial charge in [0, 0.05) is 26.1 Å². The van der Waals surface area contributed by atoms with Gasteiger partial charge in [0.1, 0.15) is 0 Å². The molecule has 0 saturated carbocycles. The first-order chi connectivity index (χ1) is 13.7. The van der Waals surface area contributed by atoms with Crippen molar-refractivity contribution in [3.63, 3.8) is 0 Å². The van der Waals surface area contributed by atoms with E-state index < -0.39 is 0 Å². The molecule has 0 aromatic heterocycles. The van der Waals surface area contributed by atoms with Gasteiger partial charge < -0.3 is 16.0 Å². The molecule has 0 amide bonds. The Morgan fingerprint density at radius 3 is 1.89 bits per heavy atom. The van der Waals surface area contributed by atoms with E-state index in [2.05, 4.69) is 22.1 Å². The molecule has 4 nitrogen and oxygen atoms in total. The third-order valence-corrected chi connectivity index (χ3v) is 5.86. The average Bonchev–Trinajstić information content (AvgIpc) is 3.12. The van der Waals surface area contributed by atoms with Crippen LogP contribution in [0.3, 0.4) is 0 Å². The Morgan fingerprint density at radius 1 is 0.893 bits per heavy atom. The van der Waals surface area contributed by atoms with Crippen molar-refractivity contribution in [2.45, 2.75) is 110 Å². The van der Waals surface area contributed by atoms with Crippen molar-refractivity contribution >= 4 is 23.2 Å². The number of unbranched alkanes of at least 4 members (excludes halogenated alkanes) is 14. The summed E-state index contributed by atoms with van der Waals surface area (Å²) in [6, 6.07) is 0. The molecule has 28 heavy (non-hydrogen) atoms. The molecule has 0 radical (unpaired) electrons. The molecule has 3 N–H and O–H groups in total. The van der Waals surface area contributed by atoms with Crippen LogP contribution in [0.2, 0.25) is 0 Å². The number of amidine groups is 1. The summed E-state index contributed by atoms with van der Waals surface area (Å²) in [6.07, 6.45) is 22.4. The molecule has 0 spiro atoms. The highest BCUT2D eigenvalue weighted by atomic mass is 32.1. The summed E-state index contributed by atoms with van der Waals surface area (Å²) in [6.45, 7) is 6.05. The molecular formula is C23H46N4S. The summed E-state index contributed by atoms with van der Waals surface area (Å²) < 4.78 is 0. The minimum absolute atomic E-state index is 0.389. The van der Waals surface area contributed by atoms with Crippen LogP contribution < -0.4 is 11.1 Å². The van der Waals surface area contributed by atoms with E-state index in [-0.39, 0.29) is 0 Å². The lowest BCUT2D eigenvalue weighted by atomic mass is 10.0. The molecule has 0 aromatic rings. The second-order valence-electron chi connectivity index (χ2n) is 8.28. The van der Waals surface area contributed by atoms with Crippen LogP contribution in [0.25, 0.3) is 0 Å². The molecule has 0 unspecified atom stereocenters. The lowest BCUT2D eigenvalue weighted by Crippen LogP contribution is -2.38. The highest BCUT2D eigenvalue weighted by Crippen LogP contribution is 2.15. The van der Waals surface area contributed by atoms with Crippen LogP contribution in [0, 0.1) is 0 Å². The van der Waals surface area contributed by atoms with Gasteiger partial charge in [0.05, 0.1) is 12.4 Å². The maximum Gasteiger partial charge on any atom is 0.163 e. The number of nitrogens with two attached hydrogens (primary N) is 1. The molecule has 1 aliphatic rings. The first-order valence-corrected chi connectivity index (χ1v) is 12.5. The lowest BCUT2D eigenvalue weighted by Gasteiger charge is -2.20. The molecule has 0 aromatic carbocycles. The van der Waals surface area contributed by atoms with Crippen LogP contribution in [-0.2, 0) is 0 Å². The Morgan fingerprint density at radius 2 is 1.39 bits per heavy atom. The number of nitrogens with one attached hydrogen (secondary N) is 1. The van der Waals surface area contributed by atoms with Gasteiger partial charge in [-0.3, -0.25) is 4.99 Å². The zero-order chi connectivity index (χ0) is 20.3. The monoisotopic (exact) mass is 410 g/mol. The molecule has 0 fully saturated rings. The van der Waals surface area contributed by atoms with Gasteiger partial charge in [-0.2, -0.15) is 0 Å². The van der Waals surface area contributed by atoms with Gasteiger partial charge in [-0.1, -0.05) is 96.8 Å². The van der Waals surface area contributed by atoms with Crippen molar-refractivity contribution in [3.05, 3.63) is 0 Å². The van der Waals surface area contributed by atoms with Crippen molar-refractivity contribution in [2.24, 2.45) is 10.7 Å². The van der Waals surface area contributed by atoms with E-state index in [9.17, 15) is 0 Å². The fraction of sp³-hybridized carbons (Fsp3) is 0.913. The SMILES string of the molecule is CCCCCCCCCCCCCCCCCC1=NCCN1CCNC(N)=S. The Hall–Kier alpha value is -0.840. The number of hydrogen-bond donors (Lipinski definition) is 2. The summed E-state index contributed by atoms with van der Waals surface area (Å²) in [4.78, 5) is 7.05.